The third-order valence-electron chi connectivity index (χ3n) is 7.49. The molecule has 1 aliphatic rings. The van der Waals surface area contributed by atoms with Gasteiger partial charge in [0.2, 0.25) is 0 Å². The lowest BCUT2D eigenvalue weighted by atomic mass is 9.96. The van der Waals surface area contributed by atoms with E-state index in [2.05, 4.69) is 9.97 Å². The van der Waals surface area contributed by atoms with Crippen LogP contribution < -0.4 is 16.2 Å². The van der Waals surface area contributed by atoms with Gasteiger partial charge in [0.25, 0.3) is 5.91 Å². The van der Waals surface area contributed by atoms with Gasteiger partial charge in [-0.05, 0) is 70.4 Å². The largest absolute Gasteiger partial charge is 0.457 e. The SMILES string of the molecule is CN(C)C(C)(C)/C=C(/C#N)C(=O)N1CC(Cn2c(=O)n(-c3ccc(Oc4ccccc4)cc3)c3c(N)ncnc32)C1. The first-order chi connectivity index (χ1) is 19.6. The Kier molecular flexibility index (Phi) is 7.34. The molecule has 2 N–H and O–H groups in total. The van der Waals surface area contributed by atoms with Crippen molar-refractivity contribution >= 4 is 22.9 Å². The Morgan fingerprint density at radius 1 is 1.12 bits per heavy atom. The fraction of sp³-hybridized carbons (Fsp3) is 0.300. The maximum atomic E-state index is 13.7. The monoisotopic (exact) mass is 552 g/mol. The summed E-state index contributed by atoms with van der Waals surface area (Å²) in [4.78, 5) is 38.8. The number of imidazole rings is 1. The van der Waals surface area contributed by atoms with Crippen LogP contribution in [0.3, 0.4) is 0 Å². The Balaban J connectivity index is 1.37. The Morgan fingerprint density at radius 2 is 1.78 bits per heavy atom. The second-order valence-electron chi connectivity index (χ2n) is 10.9. The number of hydrogen-bond acceptors (Lipinski definition) is 8. The summed E-state index contributed by atoms with van der Waals surface area (Å²) in [5.74, 6) is 1.22. The van der Waals surface area contributed by atoms with Crippen LogP contribution in [0.25, 0.3) is 16.9 Å². The number of rotatable bonds is 8. The second kappa shape index (κ2) is 10.9. The van der Waals surface area contributed by atoms with Gasteiger partial charge in [-0.1, -0.05) is 18.2 Å². The third kappa shape index (κ3) is 5.42. The molecule has 3 heterocycles. The van der Waals surface area contributed by atoms with Crippen LogP contribution >= 0.6 is 0 Å². The minimum atomic E-state index is -0.453. The number of nitriles is 1. The summed E-state index contributed by atoms with van der Waals surface area (Å²) in [6.45, 7) is 5.07. The molecule has 4 aromatic rings. The lowest BCUT2D eigenvalue weighted by molar-refractivity contribution is -0.133. The molecule has 210 valence electrons. The van der Waals surface area contributed by atoms with Crippen LogP contribution in [0.15, 0.2) is 77.4 Å². The molecule has 0 saturated carbocycles. The van der Waals surface area contributed by atoms with Gasteiger partial charge in [-0.25, -0.2) is 14.8 Å². The van der Waals surface area contributed by atoms with Gasteiger partial charge in [-0.3, -0.25) is 13.9 Å². The van der Waals surface area contributed by atoms with Crippen molar-refractivity contribution in [3.8, 4) is 23.3 Å². The average molecular weight is 553 g/mol. The number of carbonyl (C=O) groups excluding carboxylic acids is 1. The summed E-state index contributed by atoms with van der Waals surface area (Å²) < 4.78 is 8.95. The van der Waals surface area contributed by atoms with E-state index in [1.165, 1.54) is 10.9 Å². The fourth-order valence-electron chi connectivity index (χ4n) is 4.70. The summed E-state index contributed by atoms with van der Waals surface area (Å²) in [6, 6.07) is 18.6. The zero-order chi connectivity index (χ0) is 29.3. The van der Waals surface area contributed by atoms with E-state index >= 15 is 0 Å². The van der Waals surface area contributed by atoms with Crippen LogP contribution in [0.2, 0.25) is 0 Å². The van der Waals surface area contributed by atoms with Crippen molar-refractivity contribution in [1.82, 2.24) is 28.9 Å². The second-order valence-corrected chi connectivity index (χ2v) is 10.9. The number of nitrogens with zero attached hydrogens (tertiary/aromatic N) is 7. The van der Waals surface area contributed by atoms with Crippen molar-refractivity contribution in [2.75, 3.05) is 32.9 Å². The number of nitrogen functional groups attached to an aromatic ring is 1. The van der Waals surface area contributed by atoms with E-state index in [9.17, 15) is 14.9 Å². The standard InChI is InChI=1S/C30H32N8O3/c1-30(2,35(3)4)14-21(15-31)28(39)36-16-20(17-36)18-37-27-25(26(32)33-19-34-27)38(29(37)40)22-10-12-24(13-11-22)41-23-8-6-5-7-9-23/h5-14,19-20H,16-18H2,1-4H3,(H2,32,33,34)/b21-14-. The molecular formula is C30H32N8O3. The minimum absolute atomic E-state index is 0.00957. The first-order valence-corrected chi connectivity index (χ1v) is 13.2. The number of carbonyl (C=O) groups is 1. The molecule has 0 radical (unpaired) electrons. The van der Waals surface area contributed by atoms with E-state index in [-0.39, 0.29) is 28.9 Å². The van der Waals surface area contributed by atoms with Gasteiger partial charge >= 0.3 is 5.69 Å². The Labute approximate surface area is 237 Å². The molecule has 1 saturated heterocycles. The molecule has 2 aromatic heterocycles. The molecule has 0 spiro atoms. The third-order valence-corrected chi connectivity index (χ3v) is 7.49. The number of hydrogen-bond donors (Lipinski definition) is 1. The zero-order valence-corrected chi connectivity index (χ0v) is 23.5. The van der Waals surface area contributed by atoms with Gasteiger partial charge in [0.05, 0.1) is 5.69 Å². The number of likely N-dealkylation sites (tertiary alicyclic amines) is 1. The number of benzene rings is 2. The van der Waals surface area contributed by atoms with Crippen LogP contribution in [-0.2, 0) is 11.3 Å². The first kappa shape index (κ1) is 27.6. The predicted molar refractivity (Wildman–Crippen MR) is 156 cm³/mol. The first-order valence-electron chi connectivity index (χ1n) is 13.2. The number of nitrogens with two attached hydrogens (primary N) is 1. The maximum Gasteiger partial charge on any atom is 0.335 e. The summed E-state index contributed by atoms with van der Waals surface area (Å²) in [7, 11) is 3.79. The molecule has 2 aromatic carbocycles. The summed E-state index contributed by atoms with van der Waals surface area (Å²) >= 11 is 0. The molecule has 1 fully saturated rings. The van der Waals surface area contributed by atoms with E-state index < -0.39 is 5.54 Å². The highest BCUT2D eigenvalue weighted by atomic mass is 16.5. The molecular weight excluding hydrogens is 520 g/mol. The smallest absolute Gasteiger partial charge is 0.335 e. The number of amides is 1. The van der Waals surface area contributed by atoms with E-state index in [4.69, 9.17) is 10.5 Å². The number of fused-ring (bicyclic) bond motifs is 1. The highest BCUT2D eigenvalue weighted by molar-refractivity contribution is 5.98. The van der Waals surface area contributed by atoms with Crippen LogP contribution in [-0.4, -0.2) is 67.5 Å². The molecule has 41 heavy (non-hydrogen) atoms. The maximum absolute atomic E-state index is 13.7. The van der Waals surface area contributed by atoms with E-state index in [0.717, 1.165) is 0 Å². The van der Waals surface area contributed by atoms with Crippen LogP contribution in [0.4, 0.5) is 5.82 Å². The fourth-order valence-corrected chi connectivity index (χ4v) is 4.70. The highest BCUT2D eigenvalue weighted by Gasteiger charge is 2.35. The lowest BCUT2D eigenvalue weighted by Crippen LogP contribution is -2.52. The summed E-state index contributed by atoms with van der Waals surface area (Å²) in [5.41, 5.74) is 7.01. The molecule has 0 aliphatic carbocycles. The lowest BCUT2D eigenvalue weighted by Gasteiger charge is -2.39. The average Bonchev–Trinajstić information content (AvgIpc) is 3.21. The molecule has 0 unspecified atom stereocenters. The van der Waals surface area contributed by atoms with Crippen LogP contribution in [0.5, 0.6) is 11.5 Å². The van der Waals surface area contributed by atoms with Gasteiger partial charge in [0.1, 0.15) is 35.0 Å². The Morgan fingerprint density at radius 3 is 2.41 bits per heavy atom. The van der Waals surface area contributed by atoms with Crippen LogP contribution in [0.1, 0.15) is 13.8 Å². The molecule has 11 heteroatoms. The predicted octanol–water partition coefficient (Wildman–Crippen LogP) is 3.21. The normalized spacial score (nSPS) is 14.2. The minimum Gasteiger partial charge on any atom is -0.457 e. The molecule has 0 bridgehead atoms. The number of likely N-dealkylation sites (N-methyl/N-ethyl adjacent to an activating group) is 1. The van der Waals surface area contributed by atoms with Crippen molar-refractivity contribution in [2.24, 2.45) is 5.92 Å². The van der Waals surface area contributed by atoms with Crippen molar-refractivity contribution in [3.05, 3.63) is 83.1 Å². The quantitative estimate of drug-likeness (QED) is 0.260. The summed E-state index contributed by atoms with van der Waals surface area (Å²) in [5, 5.41) is 9.63. The molecule has 1 aliphatic heterocycles. The van der Waals surface area contributed by atoms with Crippen molar-refractivity contribution in [2.45, 2.75) is 25.9 Å². The van der Waals surface area contributed by atoms with Crippen molar-refractivity contribution in [3.63, 3.8) is 0 Å². The molecule has 5 rings (SSSR count). The molecule has 0 atom stereocenters. The summed E-state index contributed by atoms with van der Waals surface area (Å²) in [6.07, 6.45) is 3.03. The van der Waals surface area contributed by atoms with Crippen molar-refractivity contribution < 1.29 is 9.53 Å². The van der Waals surface area contributed by atoms with E-state index in [1.807, 2.05) is 69.2 Å². The highest BCUT2D eigenvalue weighted by Crippen LogP contribution is 2.27. The van der Waals surface area contributed by atoms with Gasteiger partial charge < -0.3 is 20.3 Å². The van der Waals surface area contributed by atoms with Gasteiger partial charge in [0.15, 0.2) is 11.5 Å². The number of para-hydroxylation sites is 1. The molecule has 11 nitrogen and oxygen atoms in total. The molecule has 1 amide bonds. The number of ether oxygens (including phenoxy) is 1. The number of anilines is 1. The van der Waals surface area contributed by atoms with E-state index in [1.54, 1.807) is 39.8 Å². The van der Waals surface area contributed by atoms with Gasteiger partial charge in [-0.15, -0.1) is 0 Å². The van der Waals surface area contributed by atoms with Gasteiger partial charge in [0, 0.05) is 31.1 Å². The number of aromatic nitrogens is 4. The van der Waals surface area contributed by atoms with Gasteiger partial charge in [-0.2, -0.15) is 5.26 Å². The van der Waals surface area contributed by atoms with Crippen LogP contribution in [0, 0.1) is 17.2 Å². The van der Waals surface area contributed by atoms with Crippen molar-refractivity contribution in [1.29, 1.82) is 5.26 Å². The zero-order valence-electron chi connectivity index (χ0n) is 23.5. The Hall–Kier alpha value is -4.95. The topological polar surface area (TPSA) is 135 Å². The van der Waals surface area contributed by atoms with E-state index in [0.29, 0.717) is 48.0 Å². The Bertz CT molecular complexity index is 1710.